The minimum absolute atomic E-state index is 0.384. The van der Waals surface area contributed by atoms with E-state index in [1.54, 1.807) is 0 Å². The van der Waals surface area contributed by atoms with Crippen LogP contribution in [0.25, 0.3) is 0 Å². The van der Waals surface area contributed by atoms with Crippen molar-refractivity contribution in [2.24, 2.45) is 5.92 Å². The summed E-state index contributed by atoms with van der Waals surface area (Å²) in [6.07, 6.45) is 0.722. The summed E-state index contributed by atoms with van der Waals surface area (Å²) >= 11 is 0. The number of alkyl halides is 3. The zero-order valence-electron chi connectivity index (χ0n) is 7.51. The summed E-state index contributed by atoms with van der Waals surface area (Å²) in [5.74, 6) is 0.457. The summed E-state index contributed by atoms with van der Waals surface area (Å²) in [7, 11) is 0. The Kier molecular flexibility index (Phi) is 2.21. The van der Waals surface area contributed by atoms with Crippen LogP contribution in [0, 0.1) is 5.92 Å². The maximum atomic E-state index is 12.5. The number of rotatable bonds is 2. The Labute approximate surface area is 80.0 Å². The molecule has 0 radical (unpaired) electrons. The van der Waals surface area contributed by atoms with E-state index < -0.39 is 11.7 Å². The lowest BCUT2D eigenvalue weighted by Gasteiger charge is -2.11. The molecule has 2 rings (SSSR count). The molecular weight excluding hydrogens is 191 g/mol. The smallest absolute Gasteiger partial charge is 0.264 e. The Bertz CT molecular complexity index is 328. The summed E-state index contributed by atoms with van der Waals surface area (Å²) < 4.78 is 37.4. The van der Waals surface area contributed by atoms with Gasteiger partial charge in [-0.05, 0) is 36.8 Å². The first-order chi connectivity index (χ1) is 6.57. The molecule has 14 heavy (non-hydrogen) atoms. The molecule has 1 saturated carbocycles. The summed E-state index contributed by atoms with van der Waals surface area (Å²) in [5, 5.41) is 0. The van der Waals surface area contributed by atoms with Gasteiger partial charge in [-0.15, -0.1) is 0 Å². The predicted octanol–water partition coefficient (Wildman–Crippen LogP) is 3.05. The second-order valence-corrected chi connectivity index (χ2v) is 3.68. The predicted molar refractivity (Wildman–Crippen MR) is 45.7 cm³/mol. The van der Waals surface area contributed by atoms with E-state index in [4.69, 9.17) is 0 Å². The molecule has 0 unspecified atom stereocenters. The largest absolute Gasteiger partial charge is 0.418 e. The monoisotopic (exact) mass is 201 g/mol. The van der Waals surface area contributed by atoms with Crippen LogP contribution in [0.5, 0.6) is 0 Å². The molecule has 1 aliphatic carbocycles. The fourth-order valence-corrected chi connectivity index (χ4v) is 1.49. The lowest BCUT2D eigenvalue weighted by molar-refractivity contribution is -0.138. The van der Waals surface area contributed by atoms with Crippen molar-refractivity contribution >= 4 is 0 Å². The Hall–Kier alpha value is -1.06. The molecule has 0 bridgehead atoms. The molecule has 1 aromatic heterocycles. The highest BCUT2D eigenvalue weighted by atomic mass is 19.4. The van der Waals surface area contributed by atoms with Gasteiger partial charge in [0.25, 0.3) is 0 Å². The summed E-state index contributed by atoms with van der Waals surface area (Å²) in [6.45, 7) is 0. The van der Waals surface area contributed by atoms with E-state index in [1.807, 2.05) is 0 Å². The molecule has 0 aliphatic heterocycles. The van der Waals surface area contributed by atoms with Gasteiger partial charge in [0.15, 0.2) is 0 Å². The van der Waals surface area contributed by atoms with Gasteiger partial charge in [-0.1, -0.05) is 0 Å². The van der Waals surface area contributed by atoms with Crippen molar-refractivity contribution in [3.8, 4) is 0 Å². The third-order valence-electron chi connectivity index (χ3n) is 2.42. The molecule has 1 aliphatic rings. The van der Waals surface area contributed by atoms with Gasteiger partial charge >= 0.3 is 6.18 Å². The van der Waals surface area contributed by atoms with Gasteiger partial charge in [0, 0.05) is 12.4 Å². The minimum Gasteiger partial charge on any atom is -0.264 e. The Morgan fingerprint density at radius 1 is 1.36 bits per heavy atom. The molecule has 0 aromatic carbocycles. The third kappa shape index (κ3) is 2.05. The number of halogens is 3. The number of hydrogen-bond donors (Lipinski definition) is 0. The van der Waals surface area contributed by atoms with Gasteiger partial charge in [0.05, 0.1) is 5.56 Å². The van der Waals surface area contributed by atoms with Crippen LogP contribution in [0.1, 0.15) is 24.0 Å². The van der Waals surface area contributed by atoms with E-state index in [-0.39, 0.29) is 0 Å². The molecule has 0 atom stereocenters. The van der Waals surface area contributed by atoms with Crippen molar-refractivity contribution in [1.29, 1.82) is 0 Å². The van der Waals surface area contributed by atoms with Gasteiger partial charge in [-0.25, -0.2) is 0 Å². The van der Waals surface area contributed by atoms with Crippen LogP contribution in [-0.4, -0.2) is 4.98 Å². The molecule has 76 valence electrons. The Morgan fingerprint density at radius 3 is 2.64 bits per heavy atom. The molecule has 0 amide bonds. The van der Waals surface area contributed by atoms with Crippen molar-refractivity contribution in [3.05, 3.63) is 29.6 Å². The molecule has 1 fully saturated rings. The second-order valence-electron chi connectivity index (χ2n) is 3.68. The lowest BCUT2D eigenvalue weighted by Crippen LogP contribution is -2.10. The van der Waals surface area contributed by atoms with Crippen molar-refractivity contribution < 1.29 is 13.2 Å². The standard InChI is InChI=1S/C10H10F3N/c11-10(12,13)9-6-14-4-3-8(9)5-7-1-2-7/h3-4,6-7H,1-2,5H2. The first-order valence-electron chi connectivity index (χ1n) is 4.57. The average molecular weight is 201 g/mol. The number of nitrogens with zero attached hydrogens (tertiary/aromatic N) is 1. The zero-order valence-corrected chi connectivity index (χ0v) is 7.51. The Morgan fingerprint density at radius 2 is 2.07 bits per heavy atom. The summed E-state index contributed by atoms with van der Waals surface area (Å²) in [4.78, 5) is 3.52. The Balaban J connectivity index is 2.27. The van der Waals surface area contributed by atoms with E-state index in [9.17, 15) is 13.2 Å². The van der Waals surface area contributed by atoms with Crippen LogP contribution in [0.2, 0.25) is 0 Å². The first-order valence-corrected chi connectivity index (χ1v) is 4.57. The molecule has 0 N–H and O–H groups in total. The summed E-state index contributed by atoms with van der Waals surface area (Å²) in [6, 6.07) is 1.47. The van der Waals surface area contributed by atoms with Gasteiger partial charge < -0.3 is 0 Å². The summed E-state index contributed by atoms with van der Waals surface area (Å²) in [5.41, 5.74) is -0.193. The van der Waals surface area contributed by atoms with Crippen LogP contribution in [-0.2, 0) is 12.6 Å². The molecule has 4 heteroatoms. The highest BCUT2D eigenvalue weighted by Gasteiger charge is 2.35. The average Bonchev–Trinajstić information content (AvgIpc) is 2.87. The van der Waals surface area contributed by atoms with E-state index >= 15 is 0 Å². The van der Waals surface area contributed by atoms with Crippen molar-refractivity contribution in [2.75, 3.05) is 0 Å². The van der Waals surface area contributed by atoms with E-state index in [1.165, 1.54) is 12.3 Å². The second kappa shape index (κ2) is 3.26. The van der Waals surface area contributed by atoms with Gasteiger partial charge in [-0.3, -0.25) is 4.98 Å². The SMILES string of the molecule is FC(F)(F)c1cnccc1CC1CC1. The minimum atomic E-state index is -4.27. The molecule has 1 aromatic rings. The van der Waals surface area contributed by atoms with Gasteiger partial charge in [0.2, 0.25) is 0 Å². The molecule has 1 nitrogen and oxygen atoms in total. The van der Waals surface area contributed by atoms with Crippen LogP contribution in [0.4, 0.5) is 13.2 Å². The van der Waals surface area contributed by atoms with E-state index in [0.717, 1.165) is 19.0 Å². The maximum Gasteiger partial charge on any atom is 0.418 e. The highest BCUT2D eigenvalue weighted by Crippen LogP contribution is 2.37. The highest BCUT2D eigenvalue weighted by molar-refractivity contribution is 5.27. The third-order valence-corrected chi connectivity index (χ3v) is 2.42. The van der Waals surface area contributed by atoms with Gasteiger partial charge in [0.1, 0.15) is 0 Å². The quantitative estimate of drug-likeness (QED) is 0.716. The van der Waals surface area contributed by atoms with Crippen LogP contribution < -0.4 is 0 Å². The number of pyridine rings is 1. The van der Waals surface area contributed by atoms with Gasteiger partial charge in [-0.2, -0.15) is 13.2 Å². The zero-order chi connectivity index (χ0) is 10.2. The fourth-order valence-electron chi connectivity index (χ4n) is 1.49. The normalized spacial score (nSPS) is 17.1. The molecule has 1 heterocycles. The first kappa shape index (κ1) is 9.49. The molecular formula is C10H10F3N. The fraction of sp³-hybridized carbons (Fsp3) is 0.500. The van der Waals surface area contributed by atoms with Crippen molar-refractivity contribution in [3.63, 3.8) is 0 Å². The topological polar surface area (TPSA) is 12.9 Å². The maximum absolute atomic E-state index is 12.5. The van der Waals surface area contributed by atoms with Crippen LogP contribution in [0.15, 0.2) is 18.5 Å². The number of aromatic nitrogens is 1. The number of hydrogen-bond acceptors (Lipinski definition) is 1. The molecule has 0 spiro atoms. The van der Waals surface area contributed by atoms with Crippen molar-refractivity contribution in [2.45, 2.75) is 25.4 Å². The lowest BCUT2D eigenvalue weighted by atomic mass is 10.0. The van der Waals surface area contributed by atoms with Crippen LogP contribution in [0.3, 0.4) is 0 Å². The van der Waals surface area contributed by atoms with Crippen molar-refractivity contribution in [1.82, 2.24) is 4.98 Å². The molecule has 0 saturated heterocycles. The van der Waals surface area contributed by atoms with E-state index in [2.05, 4.69) is 4.98 Å². The van der Waals surface area contributed by atoms with Crippen LogP contribution >= 0.6 is 0 Å². The van der Waals surface area contributed by atoms with E-state index in [0.29, 0.717) is 17.9 Å².